The lowest BCUT2D eigenvalue weighted by Gasteiger charge is -2.05. The van der Waals surface area contributed by atoms with Crippen LogP contribution < -0.4 is 0 Å². The first-order chi connectivity index (χ1) is 7.10. The molecule has 0 atom stereocenters. The summed E-state index contributed by atoms with van der Waals surface area (Å²) in [6.45, 7) is 0. The molecule has 0 heterocycles. The van der Waals surface area contributed by atoms with E-state index in [4.69, 9.17) is 16.9 Å². The Morgan fingerprint density at radius 2 is 2.33 bits per heavy atom. The van der Waals surface area contributed by atoms with Crippen molar-refractivity contribution >= 4 is 17.6 Å². The van der Waals surface area contributed by atoms with E-state index in [0.29, 0.717) is 0 Å². The Hall–Kier alpha value is -1.60. The number of nitriles is 1. The van der Waals surface area contributed by atoms with Gasteiger partial charge >= 0.3 is 5.97 Å². The molecule has 1 aromatic rings. The van der Waals surface area contributed by atoms with Gasteiger partial charge in [-0.25, -0.2) is 4.39 Å². The number of benzene rings is 1. The van der Waals surface area contributed by atoms with Crippen LogP contribution in [0, 0.1) is 17.1 Å². The molecule has 78 valence electrons. The first-order valence-electron chi connectivity index (χ1n) is 4.04. The monoisotopic (exact) mass is 227 g/mol. The smallest absolute Gasteiger partial charge is 0.310 e. The minimum Gasteiger partial charge on any atom is -0.469 e. The Bertz CT molecular complexity index is 440. The Morgan fingerprint density at radius 3 is 2.87 bits per heavy atom. The number of esters is 1. The summed E-state index contributed by atoms with van der Waals surface area (Å²) < 4.78 is 17.5. The summed E-state index contributed by atoms with van der Waals surface area (Å²) in [5.41, 5.74) is 0.331. The molecule has 0 aromatic heterocycles. The highest BCUT2D eigenvalue weighted by molar-refractivity contribution is 6.31. The van der Waals surface area contributed by atoms with Gasteiger partial charge < -0.3 is 4.74 Å². The summed E-state index contributed by atoms with van der Waals surface area (Å²) in [5.74, 6) is -1.23. The topological polar surface area (TPSA) is 50.1 Å². The molecule has 3 nitrogen and oxygen atoms in total. The zero-order valence-corrected chi connectivity index (χ0v) is 8.64. The van der Waals surface area contributed by atoms with Crippen molar-refractivity contribution in [3.63, 3.8) is 0 Å². The van der Waals surface area contributed by atoms with E-state index in [0.717, 1.165) is 6.07 Å². The Morgan fingerprint density at radius 1 is 1.67 bits per heavy atom. The van der Waals surface area contributed by atoms with Crippen molar-refractivity contribution in [2.45, 2.75) is 6.42 Å². The number of halogens is 2. The number of methoxy groups -OCH3 is 1. The molecule has 1 rings (SSSR count). The van der Waals surface area contributed by atoms with E-state index in [1.165, 1.54) is 13.2 Å². The second-order valence-electron chi connectivity index (χ2n) is 2.75. The maximum Gasteiger partial charge on any atom is 0.310 e. The molecular formula is C10H7ClFNO2. The number of hydrogen-bond acceptors (Lipinski definition) is 3. The van der Waals surface area contributed by atoms with Gasteiger partial charge in [0.15, 0.2) is 0 Å². The summed E-state index contributed by atoms with van der Waals surface area (Å²) in [7, 11) is 1.21. The first kappa shape index (κ1) is 11.5. The minimum absolute atomic E-state index is 0.158. The van der Waals surface area contributed by atoms with Crippen LogP contribution in [0.1, 0.15) is 11.1 Å². The van der Waals surface area contributed by atoms with Gasteiger partial charge in [0.2, 0.25) is 0 Å². The molecule has 1 aromatic carbocycles. The number of nitrogens with zero attached hydrogens (tertiary/aromatic N) is 1. The van der Waals surface area contributed by atoms with Gasteiger partial charge in [0.25, 0.3) is 0 Å². The Balaban J connectivity index is 3.19. The molecule has 0 amide bonds. The van der Waals surface area contributed by atoms with Crippen molar-refractivity contribution in [2.75, 3.05) is 7.11 Å². The van der Waals surface area contributed by atoms with E-state index < -0.39 is 11.8 Å². The van der Waals surface area contributed by atoms with E-state index >= 15 is 0 Å². The second kappa shape index (κ2) is 4.76. The first-order valence-corrected chi connectivity index (χ1v) is 4.41. The van der Waals surface area contributed by atoms with Gasteiger partial charge in [0.1, 0.15) is 5.82 Å². The molecule has 0 bridgehead atoms. The van der Waals surface area contributed by atoms with Crippen molar-refractivity contribution in [1.29, 1.82) is 5.26 Å². The third-order valence-corrected chi connectivity index (χ3v) is 2.27. The fraction of sp³-hybridized carbons (Fsp3) is 0.200. The summed E-state index contributed by atoms with van der Waals surface area (Å²) in [6.07, 6.45) is -0.212. The van der Waals surface area contributed by atoms with E-state index in [1.807, 2.05) is 6.07 Å². The molecule has 0 N–H and O–H groups in total. The number of hydrogen-bond donors (Lipinski definition) is 0. The molecule has 0 aliphatic rings. The zero-order valence-electron chi connectivity index (χ0n) is 7.88. The quantitative estimate of drug-likeness (QED) is 0.727. The standard InChI is InChI=1S/C10H7ClFNO2/c1-15-9(14)4-7-6(5-13)2-3-8(12)10(7)11/h2-3H,4H2,1H3. The predicted molar refractivity (Wildman–Crippen MR) is 51.8 cm³/mol. The molecule has 0 spiro atoms. The normalized spacial score (nSPS) is 9.47. The van der Waals surface area contributed by atoms with E-state index in [1.54, 1.807) is 0 Å². The van der Waals surface area contributed by atoms with Gasteiger partial charge in [-0.2, -0.15) is 5.26 Å². The van der Waals surface area contributed by atoms with Gasteiger partial charge in [-0.1, -0.05) is 11.6 Å². The average molecular weight is 228 g/mol. The molecule has 15 heavy (non-hydrogen) atoms. The molecule has 0 saturated carbocycles. The summed E-state index contributed by atoms with van der Waals surface area (Å²) >= 11 is 5.64. The van der Waals surface area contributed by atoms with Crippen LogP contribution >= 0.6 is 11.6 Å². The van der Waals surface area contributed by atoms with Crippen LogP contribution in [0.15, 0.2) is 12.1 Å². The molecule has 0 aliphatic heterocycles. The van der Waals surface area contributed by atoms with Gasteiger partial charge in [0.05, 0.1) is 30.2 Å². The highest BCUT2D eigenvalue weighted by Crippen LogP contribution is 2.24. The maximum absolute atomic E-state index is 13.1. The molecule has 0 saturated heterocycles. The SMILES string of the molecule is COC(=O)Cc1c(C#N)ccc(F)c1Cl. The van der Waals surface area contributed by atoms with Crippen LogP contribution in [-0.2, 0) is 16.0 Å². The molecule has 0 unspecified atom stereocenters. The number of rotatable bonds is 2. The summed E-state index contributed by atoms with van der Waals surface area (Å²) in [6, 6.07) is 4.20. The molecule has 5 heteroatoms. The Kier molecular flexibility index (Phi) is 3.64. The lowest BCUT2D eigenvalue weighted by atomic mass is 10.1. The molecule has 0 aliphatic carbocycles. The second-order valence-corrected chi connectivity index (χ2v) is 3.13. The van der Waals surface area contributed by atoms with Crippen LogP contribution in [0.3, 0.4) is 0 Å². The number of carbonyl (C=O) groups excluding carboxylic acids is 1. The van der Waals surface area contributed by atoms with Crippen molar-refractivity contribution < 1.29 is 13.9 Å². The molecular weight excluding hydrogens is 221 g/mol. The third kappa shape index (κ3) is 2.45. The number of carbonyl (C=O) groups is 1. The lowest BCUT2D eigenvalue weighted by Crippen LogP contribution is -2.07. The van der Waals surface area contributed by atoms with Gasteiger partial charge in [-0.15, -0.1) is 0 Å². The fourth-order valence-electron chi connectivity index (χ4n) is 1.09. The van der Waals surface area contributed by atoms with Crippen LogP contribution in [0.4, 0.5) is 4.39 Å². The predicted octanol–water partition coefficient (Wildman–Crippen LogP) is 2.07. The van der Waals surface area contributed by atoms with Crippen molar-refractivity contribution in [2.24, 2.45) is 0 Å². The zero-order chi connectivity index (χ0) is 11.4. The summed E-state index contributed by atoms with van der Waals surface area (Å²) in [5, 5.41) is 8.53. The van der Waals surface area contributed by atoms with Crippen LogP contribution in [0.5, 0.6) is 0 Å². The maximum atomic E-state index is 13.1. The minimum atomic E-state index is -0.658. The van der Waals surface area contributed by atoms with Crippen molar-refractivity contribution in [1.82, 2.24) is 0 Å². The highest BCUT2D eigenvalue weighted by atomic mass is 35.5. The lowest BCUT2D eigenvalue weighted by molar-refractivity contribution is -0.139. The van der Waals surface area contributed by atoms with Gasteiger partial charge in [-0.05, 0) is 12.1 Å². The summed E-state index contributed by atoms with van der Waals surface area (Å²) in [4.78, 5) is 11.0. The van der Waals surface area contributed by atoms with E-state index in [9.17, 15) is 9.18 Å². The van der Waals surface area contributed by atoms with Crippen molar-refractivity contribution in [3.8, 4) is 6.07 Å². The van der Waals surface area contributed by atoms with E-state index in [-0.39, 0.29) is 22.6 Å². The largest absolute Gasteiger partial charge is 0.469 e. The van der Waals surface area contributed by atoms with Gasteiger partial charge in [0, 0.05) is 5.56 Å². The molecule has 0 radical (unpaired) electrons. The Labute approximate surface area is 91.0 Å². The van der Waals surface area contributed by atoms with Gasteiger partial charge in [-0.3, -0.25) is 4.79 Å². The number of ether oxygens (including phenoxy) is 1. The van der Waals surface area contributed by atoms with Crippen LogP contribution in [0.25, 0.3) is 0 Å². The molecule has 0 fully saturated rings. The van der Waals surface area contributed by atoms with Crippen LogP contribution in [-0.4, -0.2) is 13.1 Å². The van der Waals surface area contributed by atoms with Crippen molar-refractivity contribution in [3.05, 3.63) is 34.1 Å². The average Bonchev–Trinajstić information content (AvgIpc) is 2.25. The third-order valence-electron chi connectivity index (χ3n) is 1.87. The fourth-order valence-corrected chi connectivity index (χ4v) is 1.32. The highest BCUT2D eigenvalue weighted by Gasteiger charge is 2.15. The van der Waals surface area contributed by atoms with Crippen LogP contribution in [0.2, 0.25) is 5.02 Å². The van der Waals surface area contributed by atoms with E-state index in [2.05, 4.69) is 4.74 Å².